The lowest BCUT2D eigenvalue weighted by Crippen LogP contribution is -2.24. The predicted octanol–water partition coefficient (Wildman–Crippen LogP) is 3.62. The fourth-order valence-corrected chi connectivity index (χ4v) is 2.90. The van der Waals surface area contributed by atoms with Crippen LogP contribution < -0.4 is 5.32 Å². The van der Waals surface area contributed by atoms with Gasteiger partial charge in [-0.25, -0.2) is 0 Å². The Morgan fingerprint density at radius 3 is 2.71 bits per heavy atom. The van der Waals surface area contributed by atoms with Crippen LogP contribution in [0, 0.1) is 5.92 Å². The molecule has 0 aliphatic heterocycles. The topological polar surface area (TPSA) is 60.2 Å². The van der Waals surface area contributed by atoms with E-state index in [0.717, 1.165) is 12.2 Å². The van der Waals surface area contributed by atoms with Crippen LogP contribution in [-0.4, -0.2) is 22.8 Å². The zero-order chi connectivity index (χ0) is 15.1. The molecule has 1 N–H and O–H groups in total. The fourth-order valence-electron chi connectivity index (χ4n) is 2.90. The Bertz CT molecular complexity index is 402. The normalized spacial score (nSPS) is 19.6. The van der Waals surface area contributed by atoms with Crippen molar-refractivity contribution in [1.82, 2.24) is 15.5 Å². The van der Waals surface area contributed by atoms with Gasteiger partial charge in [0.1, 0.15) is 6.10 Å². The minimum absolute atomic E-state index is 0.00333. The second kappa shape index (κ2) is 8.49. The first-order valence-electron chi connectivity index (χ1n) is 8.42. The van der Waals surface area contributed by atoms with Gasteiger partial charge in [0, 0.05) is 12.6 Å². The lowest BCUT2D eigenvalue weighted by Gasteiger charge is -2.27. The number of hydrogen-bond donors (Lipinski definition) is 1. The smallest absolute Gasteiger partial charge is 0.240 e. The van der Waals surface area contributed by atoms with Crippen LogP contribution in [0.5, 0.6) is 0 Å². The first kappa shape index (κ1) is 16.4. The van der Waals surface area contributed by atoms with E-state index in [1.165, 1.54) is 32.1 Å². The van der Waals surface area contributed by atoms with Crippen molar-refractivity contribution in [1.29, 1.82) is 0 Å². The first-order valence-corrected chi connectivity index (χ1v) is 8.42. The molecule has 0 amide bonds. The maximum Gasteiger partial charge on any atom is 0.240 e. The number of aromatic nitrogens is 2. The summed E-state index contributed by atoms with van der Waals surface area (Å²) in [4.78, 5) is 4.55. The average molecular weight is 295 g/mol. The first-order chi connectivity index (χ1) is 10.2. The lowest BCUT2D eigenvalue weighted by atomic mass is 9.85. The Labute approximate surface area is 127 Å². The van der Waals surface area contributed by atoms with Crippen molar-refractivity contribution in [2.24, 2.45) is 5.92 Å². The Kier molecular flexibility index (Phi) is 6.64. The van der Waals surface area contributed by atoms with Crippen molar-refractivity contribution in [2.75, 3.05) is 6.61 Å². The van der Waals surface area contributed by atoms with E-state index in [9.17, 15) is 0 Å². The molecule has 1 aromatic rings. The molecule has 0 spiro atoms. The summed E-state index contributed by atoms with van der Waals surface area (Å²) in [6, 6.07) is 0.460. The molecular formula is C16H29N3O2. The Balaban J connectivity index is 1.97. The quantitative estimate of drug-likeness (QED) is 0.793. The van der Waals surface area contributed by atoms with E-state index in [1.54, 1.807) is 0 Å². The van der Waals surface area contributed by atoms with Gasteiger partial charge in [0.05, 0.1) is 6.54 Å². The molecule has 1 saturated carbocycles. The van der Waals surface area contributed by atoms with E-state index < -0.39 is 0 Å². The summed E-state index contributed by atoms with van der Waals surface area (Å²) in [6.07, 6.45) is 7.41. The maximum absolute atomic E-state index is 5.92. The van der Waals surface area contributed by atoms with Crippen molar-refractivity contribution >= 4 is 0 Å². The van der Waals surface area contributed by atoms with Gasteiger partial charge in [-0.3, -0.25) is 0 Å². The van der Waals surface area contributed by atoms with Gasteiger partial charge < -0.3 is 14.6 Å². The molecule has 5 nitrogen and oxygen atoms in total. The van der Waals surface area contributed by atoms with Gasteiger partial charge in [-0.2, -0.15) is 4.98 Å². The third kappa shape index (κ3) is 4.78. The molecule has 0 aromatic carbocycles. The van der Waals surface area contributed by atoms with Gasteiger partial charge in [0.2, 0.25) is 11.7 Å². The molecular weight excluding hydrogens is 266 g/mol. The monoisotopic (exact) mass is 295 g/mol. The summed E-state index contributed by atoms with van der Waals surface area (Å²) in [5.74, 6) is 1.92. The van der Waals surface area contributed by atoms with Gasteiger partial charge in [-0.1, -0.05) is 31.3 Å². The molecule has 2 atom stereocenters. The van der Waals surface area contributed by atoms with E-state index >= 15 is 0 Å². The van der Waals surface area contributed by atoms with Gasteiger partial charge in [-0.15, -0.1) is 0 Å². The van der Waals surface area contributed by atoms with Gasteiger partial charge >= 0.3 is 0 Å². The molecule has 0 bridgehead atoms. The van der Waals surface area contributed by atoms with E-state index in [0.29, 0.717) is 31.0 Å². The predicted molar refractivity (Wildman–Crippen MR) is 81.8 cm³/mol. The van der Waals surface area contributed by atoms with Gasteiger partial charge in [0.15, 0.2) is 0 Å². The number of nitrogens with one attached hydrogen (secondary N) is 1. The second-order valence-electron chi connectivity index (χ2n) is 6.01. The van der Waals surface area contributed by atoms with Crippen LogP contribution in [0.4, 0.5) is 0 Å². The van der Waals surface area contributed by atoms with Crippen LogP contribution in [0.25, 0.3) is 0 Å². The molecule has 2 rings (SSSR count). The standard InChI is InChI=1S/C16H29N3O2/c1-4-12(3)17-11-14-18-16(19-21-14)15(20-5-2)13-9-7-6-8-10-13/h12-13,15,17H,4-11H2,1-3H3. The second-order valence-corrected chi connectivity index (χ2v) is 6.01. The summed E-state index contributed by atoms with van der Waals surface area (Å²) in [6.45, 7) is 7.66. The van der Waals surface area contributed by atoms with Crippen LogP contribution in [0.2, 0.25) is 0 Å². The molecule has 1 fully saturated rings. The molecule has 0 saturated heterocycles. The van der Waals surface area contributed by atoms with Crippen molar-refractivity contribution in [2.45, 2.75) is 78.0 Å². The zero-order valence-electron chi connectivity index (χ0n) is 13.6. The number of rotatable bonds is 8. The fraction of sp³-hybridized carbons (Fsp3) is 0.875. The molecule has 5 heteroatoms. The summed E-state index contributed by atoms with van der Waals surface area (Å²) in [7, 11) is 0. The molecule has 1 aromatic heterocycles. The minimum Gasteiger partial charge on any atom is -0.370 e. The third-order valence-corrected chi connectivity index (χ3v) is 4.38. The lowest BCUT2D eigenvalue weighted by molar-refractivity contribution is -0.00145. The summed E-state index contributed by atoms with van der Waals surface area (Å²) >= 11 is 0. The van der Waals surface area contributed by atoms with Crippen molar-refractivity contribution in [3.05, 3.63) is 11.7 Å². The summed E-state index contributed by atoms with van der Waals surface area (Å²) in [5.41, 5.74) is 0. The highest BCUT2D eigenvalue weighted by molar-refractivity contribution is 4.95. The molecule has 2 unspecified atom stereocenters. The van der Waals surface area contributed by atoms with Crippen molar-refractivity contribution in [3.63, 3.8) is 0 Å². The van der Waals surface area contributed by atoms with Crippen molar-refractivity contribution in [3.8, 4) is 0 Å². The van der Waals surface area contributed by atoms with Crippen LogP contribution in [0.1, 0.15) is 77.1 Å². The zero-order valence-corrected chi connectivity index (χ0v) is 13.6. The largest absolute Gasteiger partial charge is 0.370 e. The minimum atomic E-state index is -0.00333. The summed E-state index contributed by atoms with van der Waals surface area (Å²) in [5, 5.41) is 7.54. The van der Waals surface area contributed by atoms with Crippen LogP contribution in [0.3, 0.4) is 0 Å². The van der Waals surface area contributed by atoms with E-state index in [2.05, 4.69) is 29.3 Å². The Morgan fingerprint density at radius 2 is 2.05 bits per heavy atom. The third-order valence-electron chi connectivity index (χ3n) is 4.38. The molecule has 1 aliphatic rings. The average Bonchev–Trinajstić information content (AvgIpc) is 2.99. The molecule has 21 heavy (non-hydrogen) atoms. The SMILES string of the molecule is CCOC(c1noc(CNC(C)CC)n1)C1CCCCC1. The van der Waals surface area contributed by atoms with Crippen LogP contribution in [0.15, 0.2) is 4.52 Å². The van der Waals surface area contributed by atoms with Crippen LogP contribution in [-0.2, 0) is 11.3 Å². The highest BCUT2D eigenvalue weighted by atomic mass is 16.5. The van der Waals surface area contributed by atoms with Gasteiger partial charge in [-0.05, 0) is 39.0 Å². The van der Waals surface area contributed by atoms with E-state index in [-0.39, 0.29) is 6.10 Å². The highest BCUT2D eigenvalue weighted by Crippen LogP contribution is 2.35. The molecule has 1 aliphatic carbocycles. The van der Waals surface area contributed by atoms with E-state index in [4.69, 9.17) is 9.26 Å². The number of nitrogens with zero attached hydrogens (tertiary/aromatic N) is 2. The highest BCUT2D eigenvalue weighted by Gasteiger charge is 2.29. The number of hydrogen-bond acceptors (Lipinski definition) is 5. The Hall–Kier alpha value is -0.940. The van der Waals surface area contributed by atoms with Crippen LogP contribution >= 0.6 is 0 Å². The van der Waals surface area contributed by atoms with E-state index in [1.807, 2.05) is 6.92 Å². The molecule has 120 valence electrons. The maximum atomic E-state index is 5.92. The molecule has 0 radical (unpaired) electrons. The summed E-state index contributed by atoms with van der Waals surface area (Å²) < 4.78 is 11.3. The molecule has 1 heterocycles. The Morgan fingerprint density at radius 1 is 1.29 bits per heavy atom. The van der Waals surface area contributed by atoms with Gasteiger partial charge in [0.25, 0.3) is 0 Å². The number of ether oxygens (including phenoxy) is 1. The van der Waals surface area contributed by atoms with Crippen molar-refractivity contribution < 1.29 is 9.26 Å².